The first-order chi connectivity index (χ1) is 12.6. The summed E-state index contributed by atoms with van der Waals surface area (Å²) in [6.07, 6.45) is 3.24. The Morgan fingerprint density at radius 1 is 1.46 bits per heavy atom. The quantitative estimate of drug-likeness (QED) is 0.731. The minimum absolute atomic E-state index is 0.107. The monoisotopic (exact) mass is 350 g/mol. The molecule has 1 N–H and O–H groups in total. The number of imidazole rings is 1. The molecule has 1 aliphatic rings. The van der Waals surface area contributed by atoms with Gasteiger partial charge in [0, 0.05) is 18.0 Å². The van der Waals surface area contributed by atoms with Crippen LogP contribution in [0, 0.1) is 6.57 Å². The lowest BCUT2D eigenvalue weighted by atomic mass is 10.0. The topological polar surface area (TPSA) is 81.6 Å². The number of hydrogen-bond acceptors (Lipinski definition) is 4. The Morgan fingerprint density at radius 3 is 3.04 bits per heavy atom. The van der Waals surface area contributed by atoms with E-state index in [0.717, 1.165) is 29.3 Å². The fraction of sp³-hybridized carbons (Fsp3) is 0.368. The van der Waals surface area contributed by atoms with Gasteiger partial charge in [-0.25, -0.2) is 9.83 Å². The summed E-state index contributed by atoms with van der Waals surface area (Å²) in [5.74, 6) is -0.394. The Hall–Kier alpha value is -2.98. The van der Waals surface area contributed by atoms with Gasteiger partial charge in [0.2, 0.25) is 0 Å². The summed E-state index contributed by atoms with van der Waals surface area (Å²) >= 11 is 0. The van der Waals surface area contributed by atoms with E-state index in [1.165, 1.54) is 0 Å². The van der Waals surface area contributed by atoms with Crippen molar-refractivity contribution < 1.29 is 14.6 Å². The number of pyridine rings is 1. The molecule has 7 heteroatoms. The molecule has 0 bridgehead atoms. The SMILES string of the molecule is [C-]#[N+]c1ccc2ncc3nc(CC(=O)O)n([C@@H]4CCO[C@H](C)C4)c3c2c1. The molecule has 0 aliphatic carbocycles. The number of nitrogens with zero attached hydrogens (tertiary/aromatic N) is 4. The third-order valence-corrected chi connectivity index (χ3v) is 4.83. The van der Waals surface area contributed by atoms with Gasteiger partial charge < -0.3 is 14.4 Å². The Bertz CT molecular complexity index is 1050. The van der Waals surface area contributed by atoms with Gasteiger partial charge in [0.25, 0.3) is 0 Å². The minimum atomic E-state index is -0.916. The molecule has 0 spiro atoms. The summed E-state index contributed by atoms with van der Waals surface area (Å²) < 4.78 is 7.70. The van der Waals surface area contributed by atoms with Crippen molar-refractivity contribution in [2.24, 2.45) is 0 Å². The summed E-state index contributed by atoms with van der Waals surface area (Å²) in [6, 6.07) is 5.48. The largest absolute Gasteiger partial charge is 0.481 e. The third kappa shape index (κ3) is 2.78. The molecule has 1 aliphatic heterocycles. The molecule has 0 amide bonds. The Morgan fingerprint density at radius 2 is 2.31 bits per heavy atom. The molecule has 26 heavy (non-hydrogen) atoms. The fourth-order valence-corrected chi connectivity index (χ4v) is 3.74. The predicted molar refractivity (Wildman–Crippen MR) is 96.3 cm³/mol. The van der Waals surface area contributed by atoms with Crippen LogP contribution in [-0.2, 0) is 16.0 Å². The maximum Gasteiger partial charge on any atom is 0.311 e. The number of carbonyl (C=O) groups is 1. The minimum Gasteiger partial charge on any atom is -0.481 e. The lowest BCUT2D eigenvalue weighted by molar-refractivity contribution is -0.136. The van der Waals surface area contributed by atoms with Gasteiger partial charge >= 0.3 is 5.97 Å². The zero-order valence-electron chi connectivity index (χ0n) is 14.3. The summed E-state index contributed by atoms with van der Waals surface area (Å²) in [6.45, 7) is 9.95. The van der Waals surface area contributed by atoms with Crippen LogP contribution in [0.2, 0.25) is 0 Å². The maximum atomic E-state index is 11.4. The molecule has 1 saturated heterocycles. The molecule has 3 aromatic rings. The van der Waals surface area contributed by atoms with Crippen molar-refractivity contribution in [1.29, 1.82) is 0 Å². The summed E-state index contributed by atoms with van der Waals surface area (Å²) in [5, 5.41) is 10.2. The highest BCUT2D eigenvalue weighted by Gasteiger charge is 2.27. The molecular formula is C19H18N4O3. The smallest absolute Gasteiger partial charge is 0.311 e. The molecule has 132 valence electrons. The first-order valence-electron chi connectivity index (χ1n) is 8.57. The molecular weight excluding hydrogens is 332 g/mol. The zero-order valence-corrected chi connectivity index (χ0v) is 14.3. The van der Waals surface area contributed by atoms with Crippen LogP contribution >= 0.6 is 0 Å². The third-order valence-electron chi connectivity index (χ3n) is 4.83. The van der Waals surface area contributed by atoms with E-state index in [4.69, 9.17) is 11.3 Å². The first-order valence-corrected chi connectivity index (χ1v) is 8.57. The van der Waals surface area contributed by atoms with Crippen LogP contribution < -0.4 is 0 Å². The van der Waals surface area contributed by atoms with Gasteiger partial charge in [0.15, 0.2) is 5.69 Å². The molecule has 4 rings (SSSR count). The van der Waals surface area contributed by atoms with Crippen LogP contribution in [0.5, 0.6) is 0 Å². The van der Waals surface area contributed by atoms with Crippen LogP contribution in [0.25, 0.3) is 26.8 Å². The highest BCUT2D eigenvalue weighted by molar-refractivity contribution is 6.03. The van der Waals surface area contributed by atoms with E-state index in [1.54, 1.807) is 12.3 Å². The number of carboxylic acids is 1. The van der Waals surface area contributed by atoms with Gasteiger partial charge in [-0.3, -0.25) is 9.78 Å². The highest BCUT2D eigenvalue weighted by Crippen LogP contribution is 2.34. The molecule has 7 nitrogen and oxygen atoms in total. The van der Waals surface area contributed by atoms with E-state index in [1.807, 2.05) is 23.6 Å². The summed E-state index contributed by atoms with van der Waals surface area (Å²) in [5.41, 5.74) is 2.82. The standard InChI is InChI=1S/C19H18N4O3/c1-11-7-13(5-6-26-11)23-17(9-18(24)25)22-16-10-21-15-4-3-12(20-2)8-14(15)19(16)23/h3-4,8,10-11,13H,5-7,9H2,1H3,(H,24,25)/t11-,13-/m1/s1. The van der Waals surface area contributed by atoms with E-state index in [9.17, 15) is 9.90 Å². The number of fused-ring (bicyclic) bond motifs is 3. The van der Waals surface area contributed by atoms with Crippen molar-refractivity contribution >= 4 is 33.6 Å². The average molecular weight is 350 g/mol. The number of aromatic nitrogens is 3. The molecule has 0 saturated carbocycles. The second-order valence-corrected chi connectivity index (χ2v) is 6.63. The second-order valence-electron chi connectivity index (χ2n) is 6.63. The highest BCUT2D eigenvalue weighted by atomic mass is 16.5. The van der Waals surface area contributed by atoms with Gasteiger partial charge in [0.1, 0.15) is 17.8 Å². The number of aliphatic carboxylic acids is 1. The molecule has 1 fully saturated rings. The van der Waals surface area contributed by atoms with Gasteiger partial charge in [-0.05, 0) is 31.9 Å². The van der Waals surface area contributed by atoms with Crippen LogP contribution in [0.1, 0.15) is 31.6 Å². The van der Waals surface area contributed by atoms with Gasteiger partial charge in [-0.15, -0.1) is 0 Å². The molecule has 0 unspecified atom stereocenters. The van der Waals surface area contributed by atoms with Gasteiger partial charge in [-0.1, -0.05) is 6.07 Å². The molecule has 1 aromatic carbocycles. The van der Waals surface area contributed by atoms with Crippen LogP contribution in [0.15, 0.2) is 24.4 Å². The molecule has 2 aromatic heterocycles. The average Bonchev–Trinajstić information content (AvgIpc) is 2.98. The number of benzene rings is 1. The number of hydrogen-bond donors (Lipinski definition) is 1. The van der Waals surface area contributed by atoms with E-state index in [2.05, 4.69) is 14.8 Å². The molecule has 0 radical (unpaired) electrons. The molecule has 2 atom stereocenters. The van der Waals surface area contributed by atoms with Crippen LogP contribution in [-0.4, -0.2) is 38.3 Å². The first kappa shape index (κ1) is 16.5. The van der Waals surface area contributed by atoms with E-state index in [0.29, 0.717) is 23.6 Å². The van der Waals surface area contributed by atoms with Crippen LogP contribution in [0.4, 0.5) is 5.69 Å². The lowest BCUT2D eigenvalue weighted by Crippen LogP contribution is -2.27. The van der Waals surface area contributed by atoms with Crippen molar-refractivity contribution in [3.05, 3.63) is 41.6 Å². The van der Waals surface area contributed by atoms with Crippen molar-refractivity contribution in [2.75, 3.05) is 6.61 Å². The molecule has 3 heterocycles. The predicted octanol–water partition coefficient (Wildman–Crippen LogP) is 3.50. The van der Waals surface area contributed by atoms with Crippen molar-refractivity contribution in [1.82, 2.24) is 14.5 Å². The second kappa shape index (κ2) is 6.39. The number of ether oxygens (including phenoxy) is 1. The number of carboxylic acid groups (broad SMARTS) is 1. The van der Waals surface area contributed by atoms with Crippen LogP contribution in [0.3, 0.4) is 0 Å². The number of rotatable bonds is 3. The summed E-state index contributed by atoms with van der Waals surface area (Å²) in [4.78, 5) is 23.9. The van der Waals surface area contributed by atoms with Crippen molar-refractivity contribution in [3.63, 3.8) is 0 Å². The van der Waals surface area contributed by atoms with Crippen molar-refractivity contribution in [2.45, 2.75) is 38.3 Å². The van der Waals surface area contributed by atoms with E-state index < -0.39 is 5.97 Å². The Labute approximate surface area is 150 Å². The Kier molecular flexibility index (Phi) is 4.05. The summed E-state index contributed by atoms with van der Waals surface area (Å²) in [7, 11) is 0. The normalized spacial score (nSPS) is 20.3. The fourth-order valence-electron chi connectivity index (χ4n) is 3.74. The maximum absolute atomic E-state index is 11.4. The van der Waals surface area contributed by atoms with Gasteiger partial charge in [0.05, 0.1) is 29.9 Å². The Balaban J connectivity index is 2.01. The lowest BCUT2D eigenvalue weighted by Gasteiger charge is -2.30. The van der Waals surface area contributed by atoms with E-state index in [-0.39, 0.29) is 18.6 Å². The van der Waals surface area contributed by atoms with Gasteiger partial charge in [-0.2, -0.15) is 0 Å². The van der Waals surface area contributed by atoms with Crippen molar-refractivity contribution in [3.8, 4) is 0 Å². The zero-order chi connectivity index (χ0) is 18.3. The van der Waals surface area contributed by atoms with E-state index >= 15 is 0 Å².